The van der Waals surface area contributed by atoms with Gasteiger partial charge in [-0.05, 0) is 25.5 Å². The lowest BCUT2D eigenvalue weighted by Gasteiger charge is -2.26. The number of hydrogen-bond donors (Lipinski definition) is 1. The first-order chi connectivity index (χ1) is 11.9. The molecule has 0 aliphatic heterocycles. The molecule has 0 aliphatic rings. The number of carbonyl (C=O) groups is 2. The van der Waals surface area contributed by atoms with E-state index in [2.05, 4.69) is 10.3 Å². The Kier molecular flexibility index (Phi) is 6.20. The van der Waals surface area contributed by atoms with E-state index in [9.17, 15) is 9.59 Å². The molecule has 1 aromatic heterocycles. The molecule has 0 bridgehead atoms. The number of amides is 1. The van der Waals surface area contributed by atoms with E-state index in [-0.39, 0.29) is 12.3 Å². The van der Waals surface area contributed by atoms with Gasteiger partial charge in [0.15, 0.2) is 11.7 Å². The SMILES string of the molecule is CC[C@@](C)(NC(=O)CCc1ncc(-c2ccccc2Cl)o1)C(=O)OC. The van der Waals surface area contributed by atoms with Gasteiger partial charge in [0.25, 0.3) is 0 Å². The van der Waals surface area contributed by atoms with Gasteiger partial charge in [0, 0.05) is 18.4 Å². The molecule has 0 radical (unpaired) electrons. The topological polar surface area (TPSA) is 81.4 Å². The predicted molar refractivity (Wildman–Crippen MR) is 94.1 cm³/mol. The van der Waals surface area contributed by atoms with Crippen molar-refractivity contribution < 1.29 is 18.7 Å². The van der Waals surface area contributed by atoms with Gasteiger partial charge in [0.05, 0.1) is 18.3 Å². The van der Waals surface area contributed by atoms with Crippen LogP contribution in [0.3, 0.4) is 0 Å². The van der Waals surface area contributed by atoms with Crippen molar-refractivity contribution in [3.63, 3.8) is 0 Å². The van der Waals surface area contributed by atoms with Crippen LogP contribution >= 0.6 is 11.6 Å². The average molecular weight is 365 g/mol. The molecule has 1 amide bonds. The molecule has 6 nitrogen and oxygen atoms in total. The van der Waals surface area contributed by atoms with Crippen LogP contribution in [0.4, 0.5) is 0 Å². The van der Waals surface area contributed by atoms with Crippen molar-refractivity contribution in [2.24, 2.45) is 0 Å². The number of esters is 1. The summed E-state index contributed by atoms with van der Waals surface area (Å²) in [6.07, 6.45) is 2.48. The van der Waals surface area contributed by atoms with Gasteiger partial charge in [-0.25, -0.2) is 9.78 Å². The van der Waals surface area contributed by atoms with Gasteiger partial charge in [-0.3, -0.25) is 4.79 Å². The molecule has 7 heteroatoms. The molecule has 0 fully saturated rings. The van der Waals surface area contributed by atoms with Gasteiger partial charge in [-0.15, -0.1) is 0 Å². The predicted octanol–water partition coefficient (Wildman–Crippen LogP) is 3.39. The second-order valence-electron chi connectivity index (χ2n) is 5.82. The molecule has 0 spiro atoms. The van der Waals surface area contributed by atoms with Crippen LogP contribution in [0.1, 0.15) is 32.6 Å². The number of rotatable bonds is 7. The fourth-order valence-corrected chi connectivity index (χ4v) is 2.54. The number of methoxy groups -OCH3 is 1. The van der Waals surface area contributed by atoms with Crippen LogP contribution in [0.25, 0.3) is 11.3 Å². The van der Waals surface area contributed by atoms with Gasteiger partial charge in [0.2, 0.25) is 5.91 Å². The first-order valence-corrected chi connectivity index (χ1v) is 8.36. The Morgan fingerprint density at radius 2 is 2.08 bits per heavy atom. The van der Waals surface area contributed by atoms with Gasteiger partial charge in [0.1, 0.15) is 5.54 Å². The Morgan fingerprint density at radius 3 is 2.72 bits per heavy atom. The van der Waals surface area contributed by atoms with E-state index < -0.39 is 11.5 Å². The lowest BCUT2D eigenvalue weighted by atomic mass is 9.99. The number of aromatic nitrogens is 1. The Hall–Kier alpha value is -2.34. The fraction of sp³-hybridized carbons (Fsp3) is 0.389. The minimum atomic E-state index is -1.04. The van der Waals surface area contributed by atoms with Gasteiger partial charge in [-0.2, -0.15) is 0 Å². The number of nitrogens with zero attached hydrogens (tertiary/aromatic N) is 1. The van der Waals surface area contributed by atoms with Crippen molar-refractivity contribution in [2.75, 3.05) is 7.11 Å². The molecule has 1 heterocycles. The fourth-order valence-electron chi connectivity index (χ4n) is 2.31. The first-order valence-electron chi connectivity index (χ1n) is 7.98. The van der Waals surface area contributed by atoms with E-state index in [0.717, 1.165) is 5.56 Å². The Morgan fingerprint density at radius 1 is 1.36 bits per heavy atom. The normalized spacial score (nSPS) is 13.1. The van der Waals surface area contributed by atoms with Crippen molar-refractivity contribution >= 4 is 23.5 Å². The monoisotopic (exact) mass is 364 g/mol. The largest absolute Gasteiger partial charge is 0.467 e. The molecule has 0 unspecified atom stereocenters. The molecule has 0 saturated carbocycles. The summed E-state index contributed by atoms with van der Waals surface area (Å²) in [7, 11) is 1.30. The summed E-state index contributed by atoms with van der Waals surface area (Å²) >= 11 is 6.13. The third-order valence-electron chi connectivity index (χ3n) is 4.02. The van der Waals surface area contributed by atoms with Crippen LogP contribution in [0.2, 0.25) is 5.02 Å². The summed E-state index contributed by atoms with van der Waals surface area (Å²) in [5.74, 6) is 0.239. The highest BCUT2D eigenvalue weighted by Crippen LogP contribution is 2.28. The first kappa shape index (κ1) is 19.0. The second-order valence-corrected chi connectivity index (χ2v) is 6.23. The third-order valence-corrected chi connectivity index (χ3v) is 4.35. The minimum absolute atomic E-state index is 0.148. The number of benzene rings is 1. The molecule has 2 aromatic rings. The standard InChI is InChI=1S/C18H21ClN2O4/c1-4-18(2,17(23)24-3)21-15(22)9-10-16-20-11-14(25-16)12-7-5-6-8-13(12)19/h5-8,11H,4,9-10H2,1-3H3,(H,21,22)/t18-/m1/s1. The number of nitrogens with one attached hydrogen (secondary N) is 1. The zero-order valence-corrected chi connectivity index (χ0v) is 15.2. The smallest absolute Gasteiger partial charge is 0.331 e. The molecular weight excluding hydrogens is 344 g/mol. The zero-order chi connectivity index (χ0) is 18.4. The molecule has 0 aliphatic carbocycles. The maximum absolute atomic E-state index is 12.1. The zero-order valence-electron chi connectivity index (χ0n) is 14.5. The van der Waals surface area contributed by atoms with Crippen LogP contribution in [0, 0.1) is 0 Å². The van der Waals surface area contributed by atoms with E-state index in [4.69, 9.17) is 20.8 Å². The van der Waals surface area contributed by atoms with E-state index >= 15 is 0 Å². The Bertz CT molecular complexity index is 759. The second kappa shape index (κ2) is 8.16. The van der Waals surface area contributed by atoms with Crippen LogP contribution in [-0.2, 0) is 20.7 Å². The van der Waals surface area contributed by atoms with E-state index in [1.54, 1.807) is 26.1 Å². The number of ether oxygens (including phenoxy) is 1. The summed E-state index contributed by atoms with van der Waals surface area (Å²) in [6, 6.07) is 7.29. The number of halogens is 1. The highest BCUT2D eigenvalue weighted by Gasteiger charge is 2.33. The highest BCUT2D eigenvalue weighted by atomic mass is 35.5. The van der Waals surface area contributed by atoms with Crippen LogP contribution in [0.5, 0.6) is 0 Å². The summed E-state index contributed by atoms with van der Waals surface area (Å²) in [5.41, 5.74) is -0.290. The maximum Gasteiger partial charge on any atom is 0.331 e. The van der Waals surface area contributed by atoms with Crippen LogP contribution in [0.15, 0.2) is 34.9 Å². The Balaban J connectivity index is 1.97. The van der Waals surface area contributed by atoms with Gasteiger partial charge < -0.3 is 14.5 Å². The molecular formula is C18H21ClN2O4. The summed E-state index contributed by atoms with van der Waals surface area (Å²) in [5, 5.41) is 3.28. The lowest BCUT2D eigenvalue weighted by molar-refractivity contribution is -0.150. The number of oxazole rings is 1. The quantitative estimate of drug-likeness (QED) is 0.761. The van der Waals surface area contributed by atoms with E-state index in [0.29, 0.717) is 29.5 Å². The van der Waals surface area contributed by atoms with Gasteiger partial charge >= 0.3 is 5.97 Å². The Labute approximate surface area is 151 Å². The molecule has 1 N–H and O–H groups in total. The summed E-state index contributed by atoms with van der Waals surface area (Å²) < 4.78 is 10.4. The molecule has 25 heavy (non-hydrogen) atoms. The average Bonchev–Trinajstić information content (AvgIpc) is 3.08. The lowest BCUT2D eigenvalue weighted by Crippen LogP contribution is -2.52. The number of carbonyl (C=O) groups excluding carboxylic acids is 2. The van der Waals surface area contributed by atoms with Crippen molar-refractivity contribution in [1.29, 1.82) is 0 Å². The maximum atomic E-state index is 12.1. The molecule has 0 saturated heterocycles. The van der Waals surface area contributed by atoms with Crippen molar-refractivity contribution in [3.8, 4) is 11.3 Å². The van der Waals surface area contributed by atoms with Crippen molar-refractivity contribution in [1.82, 2.24) is 10.3 Å². The van der Waals surface area contributed by atoms with E-state index in [1.807, 2.05) is 18.2 Å². The summed E-state index contributed by atoms with van der Waals surface area (Å²) in [4.78, 5) is 28.1. The highest BCUT2D eigenvalue weighted by molar-refractivity contribution is 6.33. The minimum Gasteiger partial charge on any atom is -0.467 e. The van der Waals surface area contributed by atoms with Crippen molar-refractivity contribution in [3.05, 3.63) is 41.4 Å². The number of hydrogen-bond acceptors (Lipinski definition) is 5. The van der Waals surface area contributed by atoms with Crippen LogP contribution in [-0.4, -0.2) is 29.5 Å². The third kappa shape index (κ3) is 4.60. The molecule has 2 rings (SSSR count). The molecule has 1 atom stereocenters. The van der Waals surface area contributed by atoms with Gasteiger partial charge in [-0.1, -0.05) is 30.7 Å². The summed E-state index contributed by atoms with van der Waals surface area (Å²) in [6.45, 7) is 3.44. The van der Waals surface area contributed by atoms with Crippen molar-refractivity contribution in [2.45, 2.75) is 38.6 Å². The molecule has 134 valence electrons. The number of aryl methyl sites for hydroxylation is 1. The molecule has 1 aromatic carbocycles. The van der Waals surface area contributed by atoms with E-state index in [1.165, 1.54) is 7.11 Å². The van der Waals surface area contributed by atoms with Crippen LogP contribution < -0.4 is 5.32 Å².